The van der Waals surface area contributed by atoms with Gasteiger partial charge < -0.3 is 0 Å². The highest BCUT2D eigenvalue weighted by Gasteiger charge is 2.40. The molecule has 0 unspecified atom stereocenters. The lowest BCUT2D eigenvalue weighted by Gasteiger charge is -2.09. The molecule has 0 aliphatic rings. The molecule has 0 amide bonds. The van der Waals surface area contributed by atoms with Crippen molar-refractivity contribution in [1.82, 2.24) is 9.97 Å². The molecule has 0 spiro atoms. The van der Waals surface area contributed by atoms with Crippen LogP contribution in [0.4, 0.5) is 17.6 Å². The van der Waals surface area contributed by atoms with Gasteiger partial charge >= 0.3 is 6.18 Å². The summed E-state index contributed by atoms with van der Waals surface area (Å²) in [5, 5.41) is 0. The van der Waals surface area contributed by atoms with Gasteiger partial charge in [-0.05, 0) is 0 Å². The first-order chi connectivity index (χ1) is 6.64. The fourth-order valence-corrected chi connectivity index (χ4v) is 1.76. The number of alkyl halides is 3. The van der Waals surface area contributed by atoms with Crippen LogP contribution < -0.4 is 0 Å². The zero-order valence-corrected chi connectivity index (χ0v) is 8.02. The number of hydrogen-bond acceptors (Lipinski definition) is 4. The van der Waals surface area contributed by atoms with Gasteiger partial charge in [0.25, 0.3) is 0 Å². The maximum atomic E-state index is 12.8. The molecule has 84 valence electrons. The molecule has 0 bridgehead atoms. The molecule has 9 heteroatoms. The summed E-state index contributed by atoms with van der Waals surface area (Å²) in [7, 11) is -4.37. The zero-order valence-electron chi connectivity index (χ0n) is 7.21. The molecule has 1 aromatic rings. The predicted molar refractivity (Wildman–Crippen MR) is 40.1 cm³/mol. The Morgan fingerprint density at radius 2 is 1.80 bits per heavy atom. The Balaban J connectivity index is 3.63. The molecule has 4 nitrogen and oxygen atoms in total. The van der Waals surface area contributed by atoms with Gasteiger partial charge in [-0.2, -0.15) is 17.6 Å². The van der Waals surface area contributed by atoms with Gasteiger partial charge in [0.15, 0.2) is 20.4 Å². The standard InChI is InChI=1S/C6H4F4N2O2S/c1-15(13,14)3-4(6(8,9)10)11-2-12-5(3)7/h2H,1H3. The molecule has 0 atom stereocenters. The van der Waals surface area contributed by atoms with Crippen molar-refractivity contribution in [1.29, 1.82) is 0 Å². The monoisotopic (exact) mass is 244 g/mol. The summed E-state index contributed by atoms with van der Waals surface area (Å²) in [4.78, 5) is 3.95. The average Bonchev–Trinajstić information content (AvgIpc) is 1.99. The second-order valence-electron chi connectivity index (χ2n) is 2.61. The Morgan fingerprint density at radius 3 is 2.13 bits per heavy atom. The third-order valence-electron chi connectivity index (χ3n) is 1.40. The summed E-state index contributed by atoms with van der Waals surface area (Å²) in [6.45, 7) is 0. The van der Waals surface area contributed by atoms with Crippen LogP contribution in [0.1, 0.15) is 5.69 Å². The van der Waals surface area contributed by atoms with Gasteiger partial charge in [-0.3, -0.25) is 0 Å². The Morgan fingerprint density at radius 1 is 1.27 bits per heavy atom. The van der Waals surface area contributed by atoms with Crippen LogP contribution in [0.2, 0.25) is 0 Å². The number of aromatic nitrogens is 2. The van der Waals surface area contributed by atoms with Gasteiger partial charge in [-0.15, -0.1) is 0 Å². The van der Waals surface area contributed by atoms with E-state index < -0.39 is 32.6 Å². The van der Waals surface area contributed by atoms with Gasteiger partial charge in [0.1, 0.15) is 6.33 Å². The van der Waals surface area contributed by atoms with E-state index in [2.05, 4.69) is 9.97 Å². The van der Waals surface area contributed by atoms with Gasteiger partial charge in [0.2, 0.25) is 5.95 Å². The van der Waals surface area contributed by atoms with E-state index in [4.69, 9.17) is 0 Å². The lowest BCUT2D eigenvalue weighted by atomic mass is 10.4. The molecule has 1 aromatic heterocycles. The predicted octanol–water partition coefficient (Wildman–Crippen LogP) is 1.04. The van der Waals surface area contributed by atoms with Crippen molar-refractivity contribution in [3.63, 3.8) is 0 Å². The van der Waals surface area contributed by atoms with Crippen LogP contribution in [0.25, 0.3) is 0 Å². The van der Waals surface area contributed by atoms with E-state index in [-0.39, 0.29) is 0 Å². The van der Waals surface area contributed by atoms with E-state index in [1.165, 1.54) is 0 Å². The topological polar surface area (TPSA) is 59.9 Å². The lowest BCUT2D eigenvalue weighted by Crippen LogP contribution is -2.17. The summed E-state index contributed by atoms with van der Waals surface area (Å²) < 4.78 is 71.4. The highest BCUT2D eigenvalue weighted by atomic mass is 32.2. The molecule has 0 fully saturated rings. The molecule has 1 rings (SSSR count). The molecule has 0 aliphatic heterocycles. The molecule has 0 aliphatic carbocycles. The third-order valence-corrected chi connectivity index (χ3v) is 2.50. The summed E-state index contributed by atoms with van der Waals surface area (Å²) >= 11 is 0. The minimum absolute atomic E-state index is 0.312. The van der Waals surface area contributed by atoms with Crippen molar-refractivity contribution in [2.75, 3.05) is 6.26 Å². The Bertz CT molecular complexity index is 482. The fourth-order valence-electron chi connectivity index (χ4n) is 0.883. The van der Waals surface area contributed by atoms with Crippen molar-refractivity contribution < 1.29 is 26.0 Å². The van der Waals surface area contributed by atoms with E-state index in [1.54, 1.807) is 0 Å². The minimum atomic E-state index is -5.04. The Kier molecular flexibility index (Phi) is 2.68. The molecule has 0 radical (unpaired) electrons. The Hall–Kier alpha value is -1.25. The number of halogens is 4. The SMILES string of the molecule is CS(=O)(=O)c1c(F)ncnc1C(F)(F)F. The zero-order chi connectivity index (χ0) is 11.9. The molecule has 0 saturated heterocycles. The van der Waals surface area contributed by atoms with Crippen molar-refractivity contribution in [3.8, 4) is 0 Å². The minimum Gasteiger partial charge on any atom is -0.230 e. The summed E-state index contributed by atoms with van der Waals surface area (Å²) in [5.74, 6) is -1.71. The molecule has 1 heterocycles. The van der Waals surface area contributed by atoms with Gasteiger partial charge in [-0.25, -0.2) is 18.4 Å². The first-order valence-corrected chi connectivity index (χ1v) is 5.31. The lowest BCUT2D eigenvalue weighted by molar-refractivity contribution is -0.144. The first-order valence-electron chi connectivity index (χ1n) is 3.42. The molecule has 0 saturated carbocycles. The molecular formula is C6H4F4N2O2S. The quantitative estimate of drug-likeness (QED) is 0.547. The third kappa shape index (κ3) is 2.41. The van der Waals surface area contributed by atoms with Crippen LogP contribution in [0.15, 0.2) is 11.2 Å². The fraction of sp³-hybridized carbons (Fsp3) is 0.333. The Labute approximate surface area is 81.9 Å². The van der Waals surface area contributed by atoms with Crippen molar-refractivity contribution >= 4 is 9.84 Å². The van der Waals surface area contributed by atoms with Gasteiger partial charge in [-0.1, -0.05) is 0 Å². The van der Waals surface area contributed by atoms with Crippen LogP contribution in [-0.2, 0) is 16.0 Å². The van der Waals surface area contributed by atoms with E-state index in [9.17, 15) is 26.0 Å². The van der Waals surface area contributed by atoms with Gasteiger partial charge in [0.05, 0.1) is 0 Å². The highest BCUT2D eigenvalue weighted by Crippen LogP contribution is 2.32. The maximum absolute atomic E-state index is 12.8. The van der Waals surface area contributed by atoms with Crippen LogP contribution >= 0.6 is 0 Å². The molecular weight excluding hydrogens is 240 g/mol. The van der Waals surface area contributed by atoms with E-state index in [1.807, 2.05) is 0 Å². The van der Waals surface area contributed by atoms with E-state index >= 15 is 0 Å². The van der Waals surface area contributed by atoms with Gasteiger partial charge in [0, 0.05) is 6.26 Å². The van der Waals surface area contributed by atoms with Crippen molar-refractivity contribution in [2.45, 2.75) is 11.1 Å². The summed E-state index contributed by atoms with van der Waals surface area (Å²) in [6, 6.07) is 0. The van der Waals surface area contributed by atoms with Crippen molar-refractivity contribution in [3.05, 3.63) is 18.0 Å². The largest absolute Gasteiger partial charge is 0.434 e. The van der Waals surface area contributed by atoms with Crippen LogP contribution in [-0.4, -0.2) is 24.6 Å². The molecule has 15 heavy (non-hydrogen) atoms. The van der Waals surface area contributed by atoms with Crippen molar-refractivity contribution in [2.24, 2.45) is 0 Å². The number of nitrogens with zero attached hydrogens (tertiary/aromatic N) is 2. The van der Waals surface area contributed by atoms with E-state index in [0.717, 1.165) is 0 Å². The summed E-state index contributed by atoms with van der Waals surface area (Å²) in [5.41, 5.74) is -1.79. The number of rotatable bonds is 1. The first kappa shape index (κ1) is 11.8. The van der Waals surface area contributed by atoms with Crippen LogP contribution in [0.3, 0.4) is 0 Å². The average molecular weight is 244 g/mol. The molecule has 0 N–H and O–H groups in total. The normalized spacial score (nSPS) is 12.9. The number of sulfone groups is 1. The smallest absolute Gasteiger partial charge is 0.230 e. The van der Waals surface area contributed by atoms with E-state index in [0.29, 0.717) is 12.6 Å². The number of hydrogen-bond donors (Lipinski definition) is 0. The van der Waals surface area contributed by atoms with Crippen LogP contribution in [0, 0.1) is 5.95 Å². The second kappa shape index (κ2) is 3.40. The van der Waals surface area contributed by atoms with Crippen LogP contribution in [0.5, 0.6) is 0 Å². The highest BCUT2D eigenvalue weighted by molar-refractivity contribution is 7.90. The second-order valence-corrected chi connectivity index (χ2v) is 4.56. The summed E-state index contributed by atoms with van der Waals surface area (Å²) in [6.07, 6.45) is -4.28. The molecule has 0 aromatic carbocycles. The maximum Gasteiger partial charge on any atom is 0.434 e.